The van der Waals surface area contributed by atoms with Gasteiger partial charge in [0.25, 0.3) is 0 Å². The molecule has 0 aliphatic heterocycles. The van der Waals surface area contributed by atoms with Gasteiger partial charge in [0, 0.05) is 11.3 Å². The van der Waals surface area contributed by atoms with E-state index in [9.17, 15) is 13.6 Å². The van der Waals surface area contributed by atoms with Gasteiger partial charge in [-0.25, -0.2) is 0 Å². The minimum absolute atomic E-state index is 0.0775. The third-order valence-electron chi connectivity index (χ3n) is 4.46. The van der Waals surface area contributed by atoms with Gasteiger partial charge in [-0.1, -0.05) is 31.6 Å². The highest BCUT2D eigenvalue weighted by atomic mass is 19.3. The first kappa shape index (κ1) is 17.4. The van der Waals surface area contributed by atoms with E-state index >= 15 is 0 Å². The van der Waals surface area contributed by atoms with Gasteiger partial charge < -0.3 is 10.1 Å². The first-order valence-corrected chi connectivity index (χ1v) is 7.65. The van der Waals surface area contributed by atoms with Gasteiger partial charge in [0.05, 0.1) is 5.92 Å². The molecule has 1 N–H and O–H groups in total. The minimum Gasteiger partial charge on any atom is -0.434 e. The van der Waals surface area contributed by atoms with E-state index < -0.39 is 6.61 Å². The average Bonchev–Trinajstić information content (AvgIpc) is 2.94. The molecule has 126 valence electrons. The molecular formula is C18H23F2NO2. The van der Waals surface area contributed by atoms with Crippen molar-refractivity contribution in [2.24, 2.45) is 17.3 Å². The van der Waals surface area contributed by atoms with Crippen LogP contribution in [-0.4, -0.2) is 12.5 Å². The highest BCUT2D eigenvalue weighted by Crippen LogP contribution is 2.59. The summed E-state index contributed by atoms with van der Waals surface area (Å²) in [6, 6.07) is 4.74. The van der Waals surface area contributed by atoms with Gasteiger partial charge in [-0.05, 0) is 44.2 Å². The number of anilines is 1. The average molecular weight is 323 g/mol. The normalized spacial score (nSPS) is 21.7. The van der Waals surface area contributed by atoms with E-state index in [-0.39, 0.29) is 28.9 Å². The van der Waals surface area contributed by atoms with E-state index in [1.54, 1.807) is 19.1 Å². The number of allylic oxidation sites excluding steroid dienone is 2. The smallest absolute Gasteiger partial charge is 0.387 e. The summed E-state index contributed by atoms with van der Waals surface area (Å²) in [6.07, 6.45) is 2.12. The molecule has 1 aromatic carbocycles. The first-order valence-electron chi connectivity index (χ1n) is 7.65. The van der Waals surface area contributed by atoms with E-state index in [4.69, 9.17) is 0 Å². The predicted molar refractivity (Wildman–Crippen MR) is 86.6 cm³/mol. The SMILES string of the molecule is CC(C)=CC1C(C(=O)Nc2cccc(OC(F)F)c2C)C1(C)C. The summed E-state index contributed by atoms with van der Waals surface area (Å²) in [5.41, 5.74) is 2.10. The molecule has 23 heavy (non-hydrogen) atoms. The molecule has 1 fully saturated rings. The first-order chi connectivity index (χ1) is 10.6. The summed E-state index contributed by atoms with van der Waals surface area (Å²) in [4.78, 5) is 12.5. The van der Waals surface area contributed by atoms with Crippen LogP contribution in [0.25, 0.3) is 0 Å². The number of rotatable bonds is 5. The van der Waals surface area contributed by atoms with Crippen molar-refractivity contribution < 1.29 is 18.3 Å². The Hall–Kier alpha value is -1.91. The van der Waals surface area contributed by atoms with Crippen molar-refractivity contribution in [3.8, 4) is 5.75 Å². The van der Waals surface area contributed by atoms with Crippen molar-refractivity contribution in [2.75, 3.05) is 5.32 Å². The van der Waals surface area contributed by atoms with Crippen molar-refractivity contribution in [1.29, 1.82) is 0 Å². The molecule has 0 spiro atoms. The Morgan fingerprint density at radius 1 is 1.35 bits per heavy atom. The van der Waals surface area contributed by atoms with E-state index in [1.807, 2.05) is 13.8 Å². The van der Waals surface area contributed by atoms with Gasteiger partial charge in [0.2, 0.25) is 5.91 Å². The Labute approximate surface area is 135 Å². The molecule has 1 aliphatic carbocycles. The highest BCUT2D eigenvalue weighted by molar-refractivity contribution is 5.96. The molecule has 0 saturated heterocycles. The van der Waals surface area contributed by atoms with Crippen LogP contribution < -0.4 is 10.1 Å². The number of hydrogen-bond acceptors (Lipinski definition) is 2. The summed E-state index contributed by atoms with van der Waals surface area (Å²) in [5, 5.41) is 2.85. The molecule has 3 nitrogen and oxygen atoms in total. The Kier molecular flexibility index (Phi) is 4.78. The van der Waals surface area contributed by atoms with E-state index in [0.29, 0.717) is 11.3 Å². The highest BCUT2D eigenvalue weighted by Gasteiger charge is 2.60. The fourth-order valence-electron chi connectivity index (χ4n) is 3.03. The molecule has 0 radical (unpaired) electrons. The van der Waals surface area contributed by atoms with Crippen molar-refractivity contribution in [3.63, 3.8) is 0 Å². The zero-order valence-electron chi connectivity index (χ0n) is 14.1. The molecule has 0 bridgehead atoms. The van der Waals surface area contributed by atoms with Crippen LogP contribution in [0.5, 0.6) is 5.75 Å². The summed E-state index contributed by atoms with van der Waals surface area (Å²) in [7, 11) is 0. The standard InChI is InChI=1S/C18H23F2NO2/c1-10(2)9-12-15(18(12,4)5)16(22)21-13-7-6-8-14(11(13)3)23-17(19)20/h6-9,12,15,17H,1-5H3,(H,21,22). The Morgan fingerprint density at radius 2 is 2.00 bits per heavy atom. The third kappa shape index (κ3) is 3.71. The van der Waals surface area contributed by atoms with Crippen molar-refractivity contribution in [3.05, 3.63) is 35.4 Å². The number of carbonyl (C=O) groups is 1. The Bertz CT molecular complexity index is 634. The number of carbonyl (C=O) groups excluding carboxylic acids is 1. The lowest BCUT2D eigenvalue weighted by molar-refractivity contribution is -0.118. The molecule has 1 aromatic rings. The number of alkyl halides is 2. The fraction of sp³-hybridized carbons (Fsp3) is 0.500. The maximum Gasteiger partial charge on any atom is 0.387 e. The second-order valence-electron chi connectivity index (χ2n) is 6.87. The maximum absolute atomic E-state index is 12.5. The van der Waals surface area contributed by atoms with Crippen LogP contribution in [0.3, 0.4) is 0 Å². The zero-order valence-corrected chi connectivity index (χ0v) is 14.1. The zero-order chi connectivity index (χ0) is 17.4. The largest absolute Gasteiger partial charge is 0.434 e. The molecule has 1 amide bonds. The van der Waals surface area contributed by atoms with E-state index in [1.165, 1.54) is 11.6 Å². The second kappa shape index (κ2) is 6.30. The van der Waals surface area contributed by atoms with Gasteiger partial charge in [0.15, 0.2) is 0 Å². The van der Waals surface area contributed by atoms with Crippen LogP contribution in [0.2, 0.25) is 0 Å². The van der Waals surface area contributed by atoms with Gasteiger partial charge in [-0.3, -0.25) is 4.79 Å². The van der Waals surface area contributed by atoms with Crippen LogP contribution >= 0.6 is 0 Å². The van der Waals surface area contributed by atoms with Gasteiger partial charge in [-0.15, -0.1) is 0 Å². The fourth-order valence-corrected chi connectivity index (χ4v) is 3.03. The van der Waals surface area contributed by atoms with Crippen molar-refractivity contribution in [2.45, 2.75) is 41.2 Å². The van der Waals surface area contributed by atoms with Crippen LogP contribution in [0, 0.1) is 24.2 Å². The topological polar surface area (TPSA) is 38.3 Å². The van der Waals surface area contributed by atoms with Crippen LogP contribution in [-0.2, 0) is 4.79 Å². The lowest BCUT2D eigenvalue weighted by Gasteiger charge is -2.13. The molecule has 1 aliphatic rings. The van der Waals surface area contributed by atoms with Crippen molar-refractivity contribution in [1.82, 2.24) is 0 Å². The second-order valence-corrected chi connectivity index (χ2v) is 6.87. The molecular weight excluding hydrogens is 300 g/mol. The third-order valence-corrected chi connectivity index (χ3v) is 4.46. The molecule has 0 aromatic heterocycles. The van der Waals surface area contributed by atoms with Gasteiger partial charge in [-0.2, -0.15) is 8.78 Å². The van der Waals surface area contributed by atoms with Crippen LogP contribution in [0.4, 0.5) is 14.5 Å². The predicted octanol–water partition coefficient (Wildman–Crippen LogP) is 4.77. The molecule has 5 heteroatoms. The van der Waals surface area contributed by atoms with Gasteiger partial charge in [0.1, 0.15) is 5.75 Å². The van der Waals surface area contributed by atoms with Crippen LogP contribution in [0.15, 0.2) is 29.8 Å². The van der Waals surface area contributed by atoms with E-state index in [0.717, 1.165) is 0 Å². The Balaban J connectivity index is 2.14. The van der Waals surface area contributed by atoms with Crippen LogP contribution in [0.1, 0.15) is 33.3 Å². The lowest BCUT2D eigenvalue weighted by Crippen LogP contribution is -2.18. The summed E-state index contributed by atoms with van der Waals surface area (Å²) >= 11 is 0. The molecule has 0 heterocycles. The Morgan fingerprint density at radius 3 is 2.57 bits per heavy atom. The number of amides is 1. The summed E-state index contributed by atoms with van der Waals surface area (Å²) in [5.74, 6) is 0.0771. The number of halogens is 2. The minimum atomic E-state index is -2.89. The quantitative estimate of drug-likeness (QED) is 0.792. The van der Waals surface area contributed by atoms with Crippen molar-refractivity contribution >= 4 is 11.6 Å². The number of nitrogens with one attached hydrogen (secondary N) is 1. The summed E-state index contributed by atoms with van der Waals surface area (Å²) < 4.78 is 29.2. The molecule has 2 unspecified atom stereocenters. The lowest BCUT2D eigenvalue weighted by atomic mass is 10.1. The monoisotopic (exact) mass is 323 g/mol. The molecule has 1 saturated carbocycles. The number of hydrogen-bond donors (Lipinski definition) is 1. The molecule has 2 rings (SSSR count). The van der Waals surface area contributed by atoms with E-state index in [2.05, 4.69) is 30.0 Å². The molecule has 2 atom stereocenters. The number of ether oxygens (including phenoxy) is 1. The maximum atomic E-state index is 12.5. The number of benzene rings is 1. The van der Waals surface area contributed by atoms with Gasteiger partial charge >= 0.3 is 6.61 Å². The summed E-state index contributed by atoms with van der Waals surface area (Å²) in [6.45, 7) is 6.91.